The molecular formula is C29H46N2O6. The summed E-state index contributed by atoms with van der Waals surface area (Å²) in [7, 11) is 0. The van der Waals surface area contributed by atoms with E-state index >= 15 is 0 Å². The molecule has 1 aromatic carbocycles. The molecule has 0 spiro atoms. The minimum absolute atomic E-state index is 0.0545. The summed E-state index contributed by atoms with van der Waals surface area (Å²) in [5, 5.41) is 15.2. The number of carbonyl (C=O) groups excluding carboxylic acids is 2. The van der Waals surface area contributed by atoms with Crippen LogP contribution in [-0.4, -0.2) is 46.9 Å². The van der Waals surface area contributed by atoms with Gasteiger partial charge in [-0.05, 0) is 52.0 Å². The molecule has 8 heteroatoms. The quantitative estimate of drug-likeness (QED) is 0.358. The van der Waals surface area contributed by atoms with Gasteiger partial charge in [-0.15, -0.1) is 0 Å². The molecule has 8 nitrogen and oxygen atoms in total. The highest BCUT2D eigenvalue weighted by molar-refractivity contribution is 5.76. The molecule has 0 heterocycles. The number of nitrogens with one attached hydrogen (secondary N) is 2. The van der Waals surface area contributed by atoms with Crippen LogP contribution in [0.1, 0.15) is 103 Å². The molecule has 0 aromatic heterocycles. The average Bonchev–Trinajstić information content (AvgIpc) is 2.83. The zero-order valence-electron chi connectivity index (χ0n) is 22.8. The minimum Gasteiger partial charge on any atom is -0.481 e. The number of carboxylic acid groups (broad SMARTS) is 1. The Bertz CT molecular complexity index is 795. The summed E-state index contributed by atoms with van der Waals surface area (Å²) in [6, 6.07) is 9.89. The van der Waals surface area contributed by atoms with Crippen molar-refractivity contribution in [2.75, 3.05) is 0 Å². The van der Waals surface area contributed by atoms with Crippen LogP contribution in [0, 0.1) is 0 Å². The smallest absolute Gasteiger partial charge is 0.407 e. The monoisotopic (exact) mass is 518 g/mol. The van der Waals surface area contributed by atoms with Crippen molar-refractivity contribution < 1.29 is 29.0 Å². The van der Waals surface area contributed by atoms with Gasteiger partial charge in [0.05, 0.1) is 18.9 Å². The SMILES string of the molecule is C1CCC(NC2CCCCC2)CC1.CC(C)(C)OC(=O)CC(CC(=O)O)NC(=O)OCc1ccccc1. The normalized spacial score (nSPS) is 17.6. The number of ether oxygens (including phenoxy) is 2. The first kappa shape index (κ1) is 30.6. The molecule has 1 amide bonds. The van der Waals surface area contributed by atoms with Gasteiger partial charge in [-0.3, -0.25) is 9.59 Å². The Morgan fingerprint density at radius 1 is 0.892 bits per heavy atom. The highest BCUT2D eigenvalue weighted by Crippen LogP contribution is 2.22. The molecule has 0 bridgehead atoms. The van der Waals surface area contributed by atoms with E-state index in [4.69, 9.17) is 14.6 Å². The number of amides is 1. The number of esters is 1. The number of alkyl carbamates (subject to hydrolysis) is 1. The van der Waals surface area contributed by atoms with Crippen LogP contribution in [0.15, 0.2) is 30.3 Å². The molecule has 1 aromatic rings. The minimum atomic E-state index is -1.13. The zero-order valence-corrected chi connectivity index (χ0v) is 22.8. The van der Waals surface area contributed by atoms with Crippen LogP contribution in [0.3, 0.4) is 0 Å². The van der Waals surface area contributed by atoms with Crippen molar-refractivity contribution in [1.82, 2.24) is 10.6 Å². The van der Waals surface area contributed by atoms with E-state index in [1.54, 1.807) is 32.9 Å². The molecule has 2 aliphatic rings. The van der Waals surface area contributed by atoms with Gasteiger partial charge in [-0.2, -0.15) is 0 Å². The van der Waals surface area contributed by atoms with Crippen molar-refractivity contribution in [1.29, 1.82) is 0 Å². The lowest BCUT2D eigenvalue weighted by Crippen LogP contribution is -2.40. The summed E-state index contributed by atoms with van der Waals surface area (Å²) in [5.74, 6) is -1.72. The zero-order chi connectivity index (χ0) is 27.1. The molecule has 0 aliphatic heterocycles. The topological polar surface area (TPSA) is 114 Å². The maximum atomic E-state index is 11.8. The van der Waals surface area contributed by atoms with Crippen molar-refractivity contribution in [2.45, 2.75) is 128 Å². The average molecular weight is 519 g/mol. The molecule has 3 N–H and O–H groups in total. The Labute approximate surface area is 221 Å². The fraction of sp³-hybridized carbons (Fsp3) is 0.690. The predicted molar refractivity (Wildman–Crippen MR) is 143 cm³/mol. The van der Waals surface area contributed by atoms with Crippen LogP contribution >= 0.6 is 0 Å². The summed E-state index contributed by atoms with van der Waals surface area (Å²) in [5.41, 5.74) is 0.119. The summed E-state index contributed by atoms with van der Waals surface area (Å²) in [6.45, 7) is 5.18. The van der Waals surface area contributed by atoms with Gasteiger partial charge in [0.2, 0.25) is 0 Å². The maximum Gasteiger partial charge on any atom is 0.407 e. The summed E-state index contributed by atoms with van der Waals surface area (Å²) in [6.07, 6.45) is 13.1. The molecule has 37 heavy (non-hydrogen) atoms. The molecule has 2 saturated carbocycles. The second kappa shape index (κ2) is 16.3. The first-order valence-corrected chi connectivity index (χ1v) is 13.8. The van der Waals surface area contributed by atoms with Crippen LogP contribution in [0.4, 0.5) is 4.79 Å². The van der Waals surface area contributed by atoms with Gasteiger partial charge >= 0.3 is 18.0 Å². The Kier molecular flexibility index (Phi) is 13.5. The van der Waals surface area contributed by atoms with Crippen molar-refractivity contribution in [3.8, 4) is 0 Å². The van der Waals surface area contributed by atoms with E-state index in [1.165, 1.54) is 64.2 Å². The molecule has 0 saturated heterocycles. The highest BCUT2D eigenvalue weighted by Gasteiger charge is 2.24. The Morgan fingerprint density at radius 2 is 1.43 bits per heavy atom. The molecule has 3 rings (SSSR count). The number of carboxylic acids is 1. The van der Waals surface area contributed by atoms with E-state index < -0.39 is 36.1 Å². The first-order valence-electron chi connectivity index (χ1n) is 13.8. The molecule has 1 atom stereocenters. The van der Waals surface area contributed by atoms with Gasteiger partial charge in [0.25, 0.3) is 0 Å². The number of aliphatic carboxylic acids is 1. The van der Waals surface area contributed by atoms with Crippen LogP contribution in [0.2, 0.25) is 0 Å². The molecule has 2 aliphatic carbocycles. The molecular weight excluding hydrogens is 472 g/mol. The van der Waals surface area contributed by atoms with Crippen LogP contribution in [0.25, 0.3) is 0 Å². The lowest BCUT2D eigenvalue weighted by Gasteiger charge is -2.30. The van der Waals surface area contributed by atoms with E-state index in [2.05, 4.69) is 10.6 Å². The van der Waals surface area contributed by atoms with Gasteiger partial charge < -0.3 is 25.2 Å². The van der Waals surface area contributed by atoms with E-state index in [0.717, 1.165) is 17.6 Å². The van der Waals surface area contributed by atoms with Gasteiger partial charge in [-0.25, -0.2) is 4.79 Å². The molecule has 2 fully saturated rings. The lowest BCUT2D eigenvalue weighted by atomic mass is 9.91. The first-order chi connectivity index (χ1) is 17.6. The van der Waals surface area contributed by atoms with Crippen molar-refractivity contribution in [2.24, 2.45) is 0 Å². The summed E-state index contributed by atoms with van der Waals surface area (Å²) < 4.78 is 10.2. The molecule has 1 unspecified atom stereocenters. The number of hydrogen-bond donors (Lipinski definition) is 3. The third-order valence-electron chi connectivity index (χ3n) is 6.47. The van der Waals surface area contributed by atoms with Gasteiger partial charge in [0.15, 0.2) is 0 Å². The van der Waals surface area contributed by atoms with Gasteiger partial charge in [0, 0.05) is 12.1 Å². The van der Waals surface area contributed by atoms with Crippen LogP contribution in [0.5, 0.6) is 0 Å². The van der Waals surface area contributed by atoms with Crippen molar-refractivity contribution in [3.05, 3.63) is 35.9 Å². The largest absolute Gasteiger partial charge is 0.481 e. The second-order valence-corrected chi connectivity index (χ2v) is 11.1. The van der Waals surface area contributed by atoms with E-state index in [9.17, 15) is 14.4 Å². The van der Waals surface area contributed by atoms with E-state index in [1.807, 2.05) is 18.2 Å². The van der Waals surface area contributed by atoms with Crippen molar-refractivity contribution in [3.63, 3.8) is 0 Å². The summed E-state index contributed by atoms with van der Waals surface area (Å²) >= 11 is 0. The second-order valence-electron chi connectivity index (χ2n) is 11.1. The fourth-order valence-electron chi connectivity index (χ4n) is 4.77. The fourth-order valence-corrected chi connectivity index (χ4v) is 4.77. The van der Waals surface area contributed by atoms with Crippen molar-refractivity contribution >= 4 is 18.0 Å². The Balaban J connectivity index is 0.000000308. The predicted octanol–water partition coefficient (Wildman–Crippen LogP) is 5.73. The van der Waals surface area contributed by atoms with Gasteiger partial charge in [0.1, 0.15) is 12.2 Å². The standard InChI is InChI=1S/C17H23NO6.C12H23N/c1-17(2,3)24-15(21)10-13(9-14(19)20)18-16(22)23-11-12-7-5-4-6-8-12;1-3-7-11(8-4-1)13-12-9-5-2-6-10-12/h4-8,13H,9-11H2,1-3H3,(H,18,22)(H,19,20);11-13H,1-10H2. The number of hydrogen-bond acceptors (Lipinski definition) is 6. The number of rotatable bonds is 9. The van der Waals surface area contributed by atoms with Gasteiger partial charge in [-0.1, -0.05) is 68.9 Å². The number of benzene rings is 1. The van der Waals surface area contributed by atoms with Crippen LogP contribution in [-0.2, 0) is 25.7 Å². The molecule has 0 radical (unpaired) electrons. The third-order valence-corrected chi connectivity index (χ3v) is 6.47. The van der Waals surface area contributed by atoms with E-state index in [-0.39, 0.29) is 13.0 Å². The molecule has 208 valence electrons. The van der Waals surface area contributed by atoms with E-state index in [0.29, 0.717) is 0 Å². The third kappa shape index (κ3) is 14.6. The maximum absolute atomic E-state index is 11.8. The lowest BCUT2D eigenvalue weighted by molar-refractivity contribution is -0.155. The number of carbonyl (C=O) groups is 3. The summed E-state index contributed by atoms with van der Waals surface area (Å²) in [4.78, 5) is 34.5. The Morgan fingerprint density at radius 3 is 1.92 bits per heavy atom. The van der Waals surface area contributed by atoms with Crippen LogP contribution < -0.4 is 10.6 Å². The highest BCUT2D eigenvalue weighted by atomic mass is 16.6. The Hall–Kier alpha value is -2.61.